The molecule has 0 aliphatic heterocycles. The second-order valence-electron chi connectivity index (χ2n) is 7.58. The van der Waals surface area contributed by atoms with Crippen LogP contribution in [0.3, 0.4) is 0 Å². The van der Waals surface area contributed by atoms with Gasteiger partial charge in [0.05, 0.1) is 6.04 Å². The van der Waals surface area contributed by atoms with E-state index in [1.54, 1.807) is 41.5 Å². The largest absolute Gasteiger partial charge is 0.444 e. The first-order valence-corrected chi connectivity index (χ1v) is 7.49. The van der Waals surface area contributed by atoms with Crippen molar-refractivity contribution in [1.82, 2.24) is 10.6 Å². The first-order valence-electron chi connectivity index (χ1n) is 7.49. The average Bonchev–Trinajstić information content (AvgIpc) is 2.52. The van der Waals surface area contributed by atoms with Gasteiger partial charge < -0.3 is 20.1 Å². The molecule has 0 bridgehead atoms. The highest BCUT2D eigenvalue weighted by Crippen LogP contribution is 2.24. The Balaban J connectivity index is 2.45. The van der Waals surface area contributed by atoms with E-state index in [0.717, 1.165) is 0 Å². The topological polar surface area (TPSA) is 76.7 Å². The summed E-state index contributed by atoms with van der Waals surface area (Å²) in [6, 6.07) is -1.04. The van der Waals surface area contributed by atoms with Gasteiger partial charge in [-0.3, -0.25) is 0 Å². The maximum Gasteiger partial charge on any atom is 0.407 e. The molecule has 3 unspecified atom stereocenters. The van der Waals surface area contributed by atoms with Crippen molar-refractivity contribution in [2.24, 2.45) is 0 Å². The van der Waals surface area contributed by atoms with Crippen molar-refractivity contribution in [1.29, 1.82) is 0 Å². The molecular weight excluding hydrogens is 291 g/mol. The van der Waals surface area contributed by atoms with E-state index >= 15 is 0 Å². The minimum absolute atomic E-state index is 0.139. The molecule has 1 fully saturated rings. The normalized spacial score (nSPS) is 25.5. The van der Waals surface area contributed by atoms with Gasteiger partial charge in [0, 0.05) is 12.5 Å². The number of nitrogens with one attached hydrogen (secondary N) is 2. The van der Waals surface area contributed by atoms with Gasteiger partial charge in [-0.15, -0.1) is 0 Å². The van der Waals surface area contributed by atoms with Gasteiger partial charge in [-0.1, -0.05) is 0 Å². The van der Waals surface area contributed by atoms with E-state index in [4.69, 9.17) is 9.47 Å². The molecule has 0 heterocycles. The molecule has 1 saturated carbocycles. The lowest BCUT2D eigenvalue weighted by Crippen LogP contribution is -2.42. The van der Waals surface area contributed by atoms with Crippen molar-refractivity contribution in [3.63, 3.8) is 0 Å². The molecule has 3 atom stereocenters. The molecule has 0 radical (unpaired) electrons. The number of alkyl halides is 1. The highest BCUT2D eigenvalue weighted by atomic mass is 19.1. The van der Waals surface area contributed by atoms with Crippen LogP contribution in [-0.4, -0.2) is 41.6 Å². The van der Waals surface area contributed by atoms with Gasteiger partial charge in [-0.05, 0) is 48.0 Å². The molecule has 1 rings (SSSR count). The number of carbonyl (C=O) groups is 2. The van der Waals surface area contributed by atoms with Crippen LogP contribution in [0.25, 0.3) is 0 Å². The average molecular weight is 318 g/mol. The number of rotatable bonds is 2. The van der Waals surface area contributed by atoms with E-state index in [2.05, 4.69) is 10.6 Å². The molecular formula is C15H27FN2O4. The zero-order valence-corrected chi connectivity index (χ0v) is 14.2. The van der Waals surface area contributed by atoms with Gasteiger partial charge in [0.25, 0.3) is 0 Å². The number of hydrogen-bond donors (Lipinski definition) is 2. The van der Waals surface area contributed by atoms with Crippen LogP contribution in [0.15, 0.2) is 0 Å². The van der Waals surface area contributed by atoms with Gasteiger partial charge in [-0.25, -0.2) is 14.0 Å². The van der Waals surface area contributed by atoms with Crippen molar-refractivity contribution in [3.8, 4) is 0 Å². The number of ether oxygens (including phenoxy) is 2. The molecule has 0 aromatic carbocycles. The van der Waals surface area contributed by atoms with E-state index in [1.165, 1.54) is 0 Å². The summed E-state index contributed by atoms with van der Waals surface area (Å²) in [6.07, 6.45) is -2.02. The fourth-order valence-electron chi connectivity index (χ4n) is 2.19. The SMILES string of the molecule is CC(C)(C)OC(=O)NC1CC(F)C(NC(=O)OC(C)(C)C)C1. The van der Waals surface area contributed by atoms with Crippen LogP contribution in [0, 0.1) is 0 Å². The van der Waals surface area contributed by atoms with Crippen molar-refractivity contribution in [2.75, 3.05) is 0 Å². The Kier molecular flexibility index (Phi) is 5.65. The number of alkyl carbamates (subject to hydrolysis) is 2. The molecule has 7 heteroatoms. The van der Waals surface area contributed by atoms with E-state index in [1.807, 2.05) is 0 Å². The van der Waals surface area contributed by atoms with Crippen molar-refractivity contribution < 1.29 is 23.5 Å². The summed E-state index contributed by atoms with van der Waals surface area (Å²) >= 11 is 0. The van der Waals surface area contributed by atoms with E-state index in [-0.39, 0.29) is 12.5 Å². The molecule has 22 heavy (non-hydrogen) atoms. The Bertz CT molecular complexity index is 415. The van der Waals surface area contributed by atoms with Gasteiger partial charge in [0.15, 0.2) is 0 Å². The standard InChI is InChI=1S/C15H27FN2O4/c1-14(2,3)21-12(19)17-9-7-10(16)11(8-9)18-13(20)22-15(4,5)6/h9-11H,7-8H2,1-6H3,(H,17,19)(H,18,20). The number of amides is 2. The highest BCUT2D eigenvalue weighted by molar-refractivity contribution is 5.69. The number of carbonyl (C=O) groups excluding carboxylic acids is 2. The zero-order valence-electron chi connectivity index (χ0n) is 14.2. The molecule has 0 saturated heterocycles. The van der Waals surface area contributed by atoms with Crippen LogP contribution < -0.4 is 10.6 Å². The Morgan fingerprint density at radius 1 is 0.909 bits per heavy atom. The third-order valence-electron chi connectivity index (χ3n) is 2.91. The van der Waals surface area contributed by atoms with Crippen LogP contribution >= 0.6 is 0 Å². The second kappa shape index (κ2) is 6.71. The minimum atomic E-state index is -1.23. The molecule has 2 amide bonds. The van der Waals surface area contributed by atoms with Crippen LogP contribution in [-0.2, 0) is 9.47 Å². The lowest BCUT2D eigenvalue weighted by atomic mass is 10.2. The first-order chi connectivity index (χ1) is 9.85. The maximum atomic E-state index is 14.0. The Hall–Kier alpha value is -1.53. The summed E-state index contributed by atoms with van der Waals surface area (Å²) in [6.45, 7) is 10.5. The Morgan fingerprint density at radius 3 is 1.82 bits per heavy atom. The van der Waals surface area contributed by atoms with Gasteiger partial charge in [0.2, 0.25) is 0 Å². The monoisotopic (exact) mass is 318 g/mol. The summed E-state index contributed by atoms with van der Waals surface area (Å²) in [5, 5.41) is 5.13. The smallest absolute Gasteiger partial charge is 0.407 e. The predicted molar refractivity (Wildman–Crippen MR) is 80.4 cm³/mol. The fraction of sp³-hybridized carbons (Fsp3) is 0.867. The van der Waals surface area contributed by atoms with Gasteiger partial charge in [-0.2, -0.15) is 0 Å². The van der Waals surface area contributed by atoms with Crippen LogP contribution in [0.5, 0.6) is 0 Å². The summed E-state index contributed by atoms with van der Waals surface area (Å²) in [5.41, 5.74) is -1.24. The molecule has 128 valence electrons. The Labute approximate surface area is 131 Å². The summed E-state index contributed by atoms with van der Waals surface area (Å²) in [7, 11) is 0. The van der Waals surface area contributed by atoms with Crippen LogP contribution in [0.2, 0.25) is 0 Å². The molecule has 2 N–H and O–H groups in total. The van der Waals surface area contributed by atoms with E-state index in [9.17, 15) is 14.0 Å². The maximum absolute atomic E-state index is 14.0. The summed E-state index contributed by atoms with van der Waals surface area (Å²) in [5.74, 6) is 0. The molecule has 0 aromatic heterocycles. The third kappa shape index (κ3) is 6.95. The van der Waals surface area contributed by atoms with E-state index < -0.39 is 35.6 Å². The second-order valence-corrected chi connectivity index (χ2v) is 7.58. The van der Waals surface area contributed by atoms with Crippen molar-refractivity contribution >= 4 is 12.2 Å². The van der Waals surface area contributed by atoms with Crippen molar-refractivity contribution in [2.45, 2.75) is 83.8 Å². The summed E-state index contributed by atoms with van der Waals surface area (Å²) < 4.78 is 24.2. The highest BCUT2D eigenvalue weighted by Gasteiger charge is 2.37. The molecule has 0 spiro atoms. The number of halogens is 1. The van der Waals surface area contributed by atoms with Crippen LogP contribution in [0.1, 0.15) is 54.4 Å². The predicted octanol–water partition coefficient (Wildman–Crippen LogP) is 2.90. The third-order valence-corrected chi connectivity index (χ3v) is 2.91. The molecule has 6 nitrogen and oxygen atoms in total. The van der Waals surface area contributed by atoms with Gasteiger partial charge >= 0.3 is 12.2 Å². The molecule has 1 aliphatic carbocycles. The minimum Gasteiger partial charge on any atom is -0.444 e. The van der Waals surface area contributed by atoms with Gasteiger partial charge in [0.1, 0.15) is 17.4 Å². The number of hydrogen-bond acceptors (Lipinski definition) is 4. The zero-order chi connectivity index (χ0) is 17.1. The first kappa shape index (κ1) is 18.5. The lowest BCUT2D eigenvalue weighted by Gasteiger charge is -2.23. The van der Waals surface area contributed by atoms with E-state index in [0.29, 0.717) is 6.42 Å². The molecule has 1 aliphatic rings. The molecule has 0 aromatic rings. The Morgan fingerprint density at radius 2 is 1.36 bits per heavy atom. The van der Waals surface area contributed by atoms with Crippen molar-refractivity contribution in [3.05, 3.63) is 0 Å². The summed E-state index contributed by atoms with van der Waals surface area (Å²) in [4.78, 5) is 23.3. The van der Waals surface area contributed by atoms with Crippen LogP contribution in [0.4, 0.5) is 14.0 Å². The fourth-order valence-corrected chi connectivity index (χ4v) is 2.19. The lowest BCUT2D eigenvalue weighted by molar-refractivity contribution is 0.0484. The quantitative estimate of drug-likeness (QED) is 0.821.